The Balaban J connectivity index is 1.75. The van der Waals surface area contributed by atoms with Crippen LogP contribution in [0.3, 0.4) is 0 Å². The first kappa shape index (κ1) is 11.0. The molecule has 0 aliphatic heterocycles. The first-order valence-corrected chi connectivity index (χ1v) is 7.10. The molecule has 0 radical (unpaired) electrons. The first-order chi connectivity index (χ1) is 9.36. The van der Waals surface area contributed by atoms with Crippen molar-refractivity contribution in [1.29, 1.82) is 0 Å². The van der Waals surface area contributed by atoms with E-state index in [0.717, 1.165) is 23.0 Å². The zero-order valence-electron chi connectivity index (χ0n) is 10.8. The number of nitrogens with two attached hydrogens (primary N) is 1. The highest BCUT2D eigenvalue weighted by molar-refractivity contribution is 5.77. The Bertz CT molecular complexity index is 577. The van der Waals surface area contributed by atoms with Gasteiger partial charge < -0.3 is 5.73 Å². The summed E-state index contributed by atoms with van der Waals surface area (Å²) in [5.74, 6) is 2.98. The Morgan fingerprint density at radius 3 is 2.47 bits per heavy atom. The third-order valence-corrected chi connectivity index (χ3v) is 4.78. The SMILES string of the molecule is Nc1n[nH]c(C2C3CCCCC32)c1-c1ccncc1. The summed E-state index contributed by atoms with van der Waals surface area (Å²) in [6, 6.07) is 4.02. The van der Waals surface area contributed by atoms with E-state index in [2.05, 4.69) is 15.2 Å². The van der Waals surface area contributed by atoms with Gasteiger partial charge in [-0.05, 0) is 42.4 Å². The molecule has 2 aliphatic rings. The number of rotatable bonds is 2. The Labute approximate surface area is 112 Å². The fraction of sp³-hybridized carbons (Fsp3) is 0.467. The molecule has 4 rings (SSSR count). The fourth-order valence-corrected chi connectivity index (χ4v) is 3.85. The molecule has 2 atom stereocenters. The second kappa shape index (κ2) is 4.08. The van der Waals surface area contributed by atoms with Crippen LogP contribution >= 0.6 is 0 Å². The molecule has 0 saturated heterocycles. The minimum atomic E-state index is 0.616. The van der Waals surface area contributed by atoms with E-state index in [1.165, 1.54) is 31.4 Å². The summed E-state index contributed by atoms with van der Waals surface area (Å²) in [5, 5.41) is 7.44. The maximum Gasteiger partial charge on any atom is 0.153 e. The second-order valence-electron chi connectivity index (χ2n) is 5.77. The Morgan fingerprint density at radius 1 is 1.11 bits per heavy atom. The number of nitrogens with one attached hydrogen (secondary N) is 1. The molecule has 19 heavy (non-hydrogen) atoms. The molecule has 0 amide bonds. The molecule has 4 heteroatoms. The third kappa shape index (κ3) is 1.66. The largest absolute Gasteiger partial charge is 0.382 e. The number of nitrogen functional groups attached to an aromatic ring is 1. The number of aromatic amines is 1. The van der Waals surface area contributed by atoms with Crippen LogP contribution in [0.2, 0.25) is 0 Å². The van der Waals surface area contributed by atoms with Crippen molar-refractivity contribution < 1.29 is 0 Å². The highest BCUT2D eigenvalue weighted by atomic mass is 15.2. The van der Waals surface area contributed by atoms with Crippen LogP contribution in [0.25, 0.3) is 11.1 Å². The number of H-pyrrole nitrogens is 1. The molecule has 2 aliphatic carbocycles. The van der Waals surface area contributed by atoms with E-state index in [0.29, 0.717) is 11.7 Å². The average Bonchev–Trinajstić information content (AvgIpc) is 3.07. The van der Waals surface area contributed by atoms with Crippen molar-refractivity contribution in [2.45, 2.75) is 31.6 Å². The summed E-state index contributed by atoms with van der Waals surface area (Å²) < 4.78 is 0. The summed E-state index contributed by atoms with van der Waals surface area (Å²) in [6.45, 7) is 0. The van der Waals surface area contributed by atoms with E-state index < -0.39 is 0 Å². The van der Waals surface area contributed by atoms with Crippen LogP contribution in [-0.2, 0) is 0 Å². The summed E-state index contributed by atoms with van der Waals surface area (Å²) in [6.07, 6.45) is 9.11. The molecule has 3 N–H and O–H groups in total. The predicted molar refractivity (Wildman–Crippen MR) is 74.4 cm³/mol. The van der Waals surface area contributed by atoms with Crippen molar-refractivity contribution in [2.24, 2.45) is 11.8 Å². The zero-order valence-corrected chi connectivity index (χ0v) is 10.8. The highest BCUT2D eigenvalue weighted by Crippen LogP contribution is 2.62. The quantitative estimate of drug-likeness (QED) is 0.865. The Hall–Kier alpha value is -1.84. The lowest BCUT2D eigenvalue weighted by Gasteiger charge is -2.04. The standard InChI is InChI=1S/C15H18N4/c16-15-12(9-5-7-17-8-6-9)14(18-19-15)13-10-3-1-2-4-11(10)13/h5-8,10-11,13H,1-4H2,(H3,16,18,19). The predicted octanol–water partition coefficient (Wildman–Crippen LogP) is 2.96. The number of hydrogen-bond acceptors (Lipinski definition) is 3. The van der Waals surface area contributed by atoms with Gasteiger partial charge >= 0.3 is 0 Å². The van der Waals surface area contributed by atoms with E-state index >= 15 is 0 Å². The minimum Gasteiger partial charge on any atom is -0.382 e. The van der Waals surface area contributed by atoms with Gasteiger partial charge in [0, 0.05) is 29.6 Å². The number of pyridine rings is 1. The summed E-state index contributed by atoms with van der Waals surface area (Å²) >= 11 is 0. The van der Waals surface area contributed by atoms with Crippen molar-refractivity contribution in [3.8, 4) is 11.1 Å². The topological polar surface area (TPSA) is 67.6 Å². The highest BCUT2D eigenvalue weighted by Gasteiger charge is 2.53. The van der Waals surface area contributed by atoms with Gasteiger partial charge in [-0.15, -0.1) is 0 Å². The maximum absolute atomic E-state index is 6.07. The summed E-state index contributed by atoms with van der Waals surface area (Å²) in [5.41, 5.74) is 9.54. The normalized spacial score (nSPS) is 28.9. The van der Waals surface area contributed by atoms with E-state index in [4.69, 9.17) is 5.73 Å². The van der Waals surface area contributed by atoms with Crippen molar-refractivity contribution in [3.63, 3.8) is 0 Å². The maximum atomic E-state index is 6.07. The van der Waals surface area contributed by atoms with Gasteiger partial charge in [0.1, 0.15) is 0 Å². The summed E-state index contributed by atoms with van der Waals surface area (Å²) in [4.78, 5) is 4.08. The van der Waals surface area contributed by atoms with Crippen LogP contribution in [0.15, 0.2) is 24.5 Å². The van der Waals surface area contributed by atoms with Gasteiger partial charge in [0.15, 0.2) is 5.82 Å². The fourth-order valence-electron chi connectivity index (χ4n) is 3.85. The molecule has 2 fully saturated rings. The lowest BCUT2D eigenvalue weighted by molar-refractivity contribution is 0.480. The van der Waals surface area contributed by atoms with Crippen LogP contribution < -0.4 is 5.73 Å². The molecule has 4 nitrogen and oxygen atoms in total. The molecular weight excluding hydrogens is 236 g/mol. The van der Waals surface area contributed by atoms with E-state index in [9.17, 15) is 0 Å². The molecule has 2 aromatic rings. The monoisotopic (exact) mass is 254 g/mol. The van der Waals surface area contributed by atoms with Gasteiger partial charge in [0.25, 0.3) is 0 Å². The molecule has 0 spiro atoms. The third-order valence-electron chi connectivity index (χ3n) is 4.78. The van der Waals surface area contributed by atoms with Gasteiger partial charge in [0.2, 0.25) is 0 Å². The first-order valence-electron chi connectivity index (χ1n) is 7.10. The average molecular weight is 254 g/mol. The second-order valence-corrected chi connectivity index (χ2v) is 5.77. The Morgan fingerprint density at radius 2 is 1.79 bits per heavy atom. The van der Waals surface area contributed by atoms with Crippen LogP contribution in [-0.4, -0.2) is 15.2 Å². The lowest BCUT2D eigenvalue weighted by atomic mass is 10.0. The zero-order chi connectivity index (χ0) is 12.8. The van der Waals surface area contributed by atoms with E-state index in [-0.39, 0.29) is 0 Å². The van der Waals surface area contributed by atoms with Crippen molar-refractivity contribution in [3.05, 3.63) is 30.2 Å². The van der Waals surface area contributed by atoms with E-state index in [1.807, 2.05) is 24.5 Å². The number of hydrogen-bond donors (Lipinski definition) is 2. The summed E-state index contributed by atoms with van der Waals surface area (Å²) in [7, 11) is 0. The molecule has 98 valence electrons. The lowest BCUT2D eigenvalue weighted by Crippen LogP contribution is -1.91. The number of aromatic nitrogens is 3. The van der Waals surface area contributed by atoms with Crippen LogP contribution in [0.5, 0.6) is 0 Å². The van der Waals surface area contributed by atoms with Gasteiger partial charge in [-0.25, -0.2) is 0 Å². The number of fused-ring (bicyclic) bond motifs is 1. The van der Waals surface area contributed by atoms with Gasteiger partial charge in [-0.1, -0.05) is 12.8 Å². The molecular formula is C15H18N4. The van der Waals surface area contributed by atoms with Gasteiger partial charge in [-0.3, -0.25) is 10.1 Å². The van der Waals surface area contributed by atoms with Crippen LogP contribution in [0, 0.1) is 11.8 Å². The van der Waals surface area contributed by atoms with Crippen LogP contribution in [0.4, 0.5) is 5.82 Å². The van der Waals surface area contributed by atoms with Gasteiger partial charge in [-0.2, -0.15) is 5.10 Å². The number of anilines is 1. The van der Waals surface area contributed by atoms with Gasteiger partial charge in [0.05, 0.1) is 0 Å². The molecule has 2 saturated carbocycles. The molecule has 0 bridgehead atoms. The van der Waals surface area contributed by atoms with Crippen molar-refractivity contribution in [1.82, 2.24) is 15.2 Å². The molecule has 2 heterocycles. The molecule has 0 aromatic carbocycles. The molecule has 2 unspecified atom stereocenters. The van der Waals surface area contributed by atoms with Crippen molar-refractivity contribution in [2.75, 3.05) is 5.73 Å². The smallest absolute Gasteiger partial charge is 0.153 e. The minimum absolute atomic E-state index is 0.616. The molecule has 2 aromatic heterocycles. The van der Waals surface area contributed by atoms with Crippen molar-refractivity contribution >= 4 is 5.82 Å². The van der Waals surface area contributed by atoms with E-state index in [1.54, 1.807) is 0 Å². The Kier molecular flexibility index (Phi) is 2.37. The number of nitrogens with zero attached hydrogens (tertiary/aromatic N) is 2. The van der Waals surface area contributed by atoms with Crippen LogP contribution in [0.1, 0.15) is 37.3 Å².